The van der Waals surface area contributed by atoms with E-state index in [0.717, 1.165) is 30.0 Å². The number of methoxy groups -OCH3 is 2. The van der Waals surface area contributed by atoms with Crippen molar-refractivity contribution in [2.24, 2.45) is 11.8 Å². The van der Waals surface area contributed by atoms with Gasteiger partial charge >= 0.3 is 0 Å². The van der Waals surface area contributed by atoms with Crippen molar-refractivity contribution in [3.05, 3.63) is 36.0 Å². The van der Waals surface area contributed by atoms with Gasteiger partial charge < -0.3 is 19.5 Å². The molecule has 1 saturated carbocycles. The number of aromatic nitrogens is 2. The van der Waals surface area contributed by atoms with Crippen molar-refractivity contribution < 1.29 is 19.0 Å². The van der Waals surface area contributed by atoms with Crippen molar-refractivity contribution in [1.29, 1.82) is 0 Å². The Morgan fingerprint density at radius 2 is 2.15 bits per heavy atom. The smallest absolute Gasteiger partial charge is 0.269 e. The molecule has 7 nitrogen and oxygen atoms in total. The second-order valence-corrected chi connectivity index (χ2v) is 6.80. The van der Waals surface area contributed by atoms with Gasteiger partial charge in [0.25, 0.3) is 5.91 Å². The summed E-state index contributed by atoms with van der Waals surface area (Å²) in [5.74, 6) is 1.22. The summed E-state index contributed by atoms with van der Waals surface area (Å²) in [4.78, 5) is 12.6. The van der Waals surface area contributed by atoms with Gasteiger partial charge in [-0.1, -0.05) is 0 Å². The van der Waals surface area contributed by atoms with E-state index in [9.17, 15) is 4.79 Å². The summed E-state index contributed by atoms with van der Waals surface area (Å²) in [5, 5.41) is 10.2. The first kappa shape index (κ1) is 17.1. The van der Waals surface area contributed by atoms with Crippen LogP contribution in [0.1, 0.15) is 16.9 Å². The van der Waals surface area contributed by atoms with Crippen LogP contribution in [0.25, 0.3) is 11.3 Å². The third-order valence-electron chi connectivity index (χ3n) is 5.39. The molecule has 1 aromatic carbocycles. The predicted molar refractivity (Wildman–Crippen MR) is 95.0 cm³/mol. The molecule has 1 aliphatic carbocycles. The van der Waals surface area contributed by atoms with Crippen LogP contribution < -0.4 is 10.1 Å². The van der Waals surface area contributed by atoms with Crippen LogP contribution in [-0.4, -0.2) is 55.7 Å². The minimum Gasteiger partial charge on any atom is -0.497 e. The number of H-pyrrole nitrogens is 1. The fraction of sp³-hybridized carbons (Fsp3) is 0.474. The average Bonchev–Trinajstić information content (AvgIpc) is 3.32. The Hall–Kier alpha value is -2.38. The number of hydrogen-bond donors (Lipinski definition) is 2. The molecule has 0 bridgehead atoms. The van der Waals surface area contributed by atoms with Gasteiger partial charge in [-0.2, -0.15) is 5.10 Å². The highest BCUT2D eigenvalue weighted by Crippen LogP contribution is 2.43. The van der Waals surface area contributed by atoms with E-state index in [1.807, 2.05) is 24.3 Å². The molecule has 26 heavy (non-hydrogen) atoms. The minimum atomic E-state index is -0.145. The molecule has 2 heterocycles. The standard InChI is InChI=1S/C19H23N3O4/c1-24-10-14-17(13-7-8-26-18(13)14)20-19(23)16-9-15(21-22-16)11-3-5-12(25-2)6-4-11/h3-6,9,13-14,17-18H,7-8,10H2,1-2H3,(H,20,23)(H,21,22)/t13-,14-,17-,18-/m0/s1. The molecule has 4 atom stereocenters. The van der Waals surface area contributed by atoms with E-state index in [4.69, 9.17) is 14.2 Å². The van der Waals surface area contributed by atoms with Crippen LogP contribution in [0.2, 0.25) is 0 Å². The number of carbonyl (C=O) groups excluding carboxylic acids is 1. The van der Waals surface area contributed by atoms with Gasteiger partial charge in [-0.15, -0.1) is 0 Å². The Balaban J connectivity index is 1.44. The Morgan fingerprint density at radius 1 is 1.35 bits per heavy atom. The lowest BCUT2D eigenvalue weighted by atomic mass is 9.67. The van der Waals surface area contributed by atoms with Crippen molar-refractivity contribution >= 4 is 5.91 Å². The number of nitrogens with zero attached hydrogens (tertiary/aromatic N) is 1. The molecule has 1 aromatic heterocycles. The van der Waals surface area contributed by atoms with Gasteiger partial charge in [0, 0.05) is 37.2 Å². The molecule has 138 valence electrons. The van der Waals surface area contributed by atoms with E-state index < -0.39 is 0 Å². The van der Waals surface area contributed by atoms with Gasteiger partial charge in [0.1, 0.15) is 11.4 Å². The van der Waals surface area contributed by atoms with Crippen molar-refractivity contribution in [3.63, 3.8) is 0 Å². The molecular formula is C19H23N3O4. The first-order valence-electron chi connectivity index (χ1n) is 8.82. The molecule has 2 aromatic rings. The van der Waals surface area contributed by atoms with Gasteiger partial charge in [0.05, 0.1) is 25.5 Å². The van der Waals surface area contributed by atoms with E-state index in [0.29, 0.717) is 18.2 Å². The van der Waals surface area contributed by atoms with Crippen LogP contribution in [-0.2, 0) is 9.47 Å². The SMILES string of the molecule is COC[C@H]1[C@@H](NC(=O)c2cc(-c3ccc(OC)cc3)n[nH]2)[C@@H]2CCO[C@@H]21. The lowest BCUT2D eigenvalue weighted by Gasteiger charge is -2.47. The van der Waals surface area contributed by atoms with Gasteiger partial charge in [-0.3, -0.25) is 9.89 Å². The first-order chi connectivity index (χ1) is 12.7. The number of rotatable bonds is 6. The number of nitrogens with one attached hydrogen (secondary N) is 2. The van der Waals surface area contributed by atoms with Crippen LogP contribution >= 0.6 is 0 Å². The van der Waals surface area contributed by atoms with Crippen molar-refractivity contribution in [2.75, 3.05) is 27.4 Å². The molecule has 1 saturated heterocycles. The number of amides is 1. The van der Waals surface area contributed by atoms with E-state index in [1.165, 1.54) is 0 Å². The summed E-state index contributed by atoms with van der Waals surface area (Å²) >= 11 is 0. The Bertz CT molecular complexity index is 773. The molecule has 2 fully saturated rings. The highest BCUT2D eigenvalue weighted by atomic mass is 16.5. The maximum atomic E-state index is 12.6. The maximum Gasteiger partial charge on any atom is 0.269 e. The Labute approximate surface area is 152 Å². The zero-order valence-corrected chi connectivity index (χ0v) is 14.9. The summed E-state index contributed by atoms with van der Waals surface area (Å²) < 4.78 is 16.2. The molecule has 0 radical (unpaired) electrons. The van der Waals surface area contributed by atoms with Crippen molar-refractivity contribution in [2.45, 2.75) is 18.6 Å². The van der Waals surface area contributed by atoms with Crippen LogP contribution in [0.3, 0.4) is 0 Å². The molecule has 0 unspecified atom stereocenters. The number of carbonyl (C=O) groups is 1. The number of aromatic amines is 1. The monoisotopic (exact) mass is 357 g/mol. The zero-order chi connectivity index (χ0) is 18.1. The Kier molecular flexibility index (Phi) is 4.65. The second kappa shape index (κ2) is 7.09. The van der Waals surface area contributed by atoms with Crippen LogP contribution in [0.5, 0.6) is 5.75 Å². The molecule has 7 heteroatoms. The summed E-state index contributed by atoms with van der Waals surface area (Å²) in [6.07, 6.45) is 1.19. The predicted octanol–water partition coefficient (Wildman–Crippen LogP) is 1.86. The van der Waals surface area contributed by atoms with Gasteiger partial charge in [-0.25, -0.2) is 0 Å². The molecule has 1 amide bonds. The first-order valence-corrected chi connectivity index (χ1v) is 8.82. The molecule has 2 aliphatic rings. The highest BCUT2D eigenvalue weighted by Gasteiger charge is 2.54. The third-order valence-corrected chi connectivity index (χ3v) is 5.39. The summed E-state index contributed by atoms with van der Waals surface area (Å²) in [5.41, 5.74) is 2.10. The van der Waals surface area contributed by atoms with E-state index in [-0.39, 0.29) is 24.0 Å². The average molecular weight is 357 g/mol. The molecular weight excluding hydrogens is 334 g/mol. The Morgan fingerprint density at radius 3 is 2.88 bits per heavy atom. The van der Waals surface area contributed by atoms with Crippen molar-refractivity contribution in [3.8, 4) is 17.0 Å². The van der Waals surface area contributed by atoms with E-state index in [1.54, 1.807) is 20.3 Å². The van der Waals surface area contributed by atoms with Crippen LogP contribution in [0.4, 0.5) is 0 Å². The number of benzene rings is 1. The van der Waals surface area contributed by atoms with Gasteiger partial charge in [0.15, 0.2) is 0 Å². The molecule has 2 N–H and O–H groups in total. The molecule has 1 aliphatic heterocycles. The van der Waals surface area contributed by atoms with Gasteiger partial charge in [-0.05, 0) is 36.8 Å². The normalized spacial score (nSPS) is 26.8. The third kappa shape index (κ3) is 2.97. The number of fused-ring (bicyclic) bond motifs is 1. The summed E-state index contributed by atoms with van der Waals surface area (Å²) in [6, 6.07) is 9.42. The lowest BCUT2D eigenvalue weighted by Crippen LogP contribution is -2.62. The fourth-order valence-electron chi connectivity index (χ4n) is 4.01. The number of hydrogen-bond acceptors (Lipinski definition) is 5. The topological polar surface area (TPSA) is 85.5 Å². The summed E-state index contributed by atoms with van der Waals surface area (Å²) in [7, 11) is 3.31. The van der Waals surface area contributed by atoms with Gasteiger partial charge in [0.2, 0.25) is 0 Å². The zero-order valence-electron chi connectivity index (χ0n) is 14.9. The van der Waals surface area contributed by atoms with Crippen LogP contribution in [0, 0.1) is 11.8 Å². The molecule has 0 spiro atoms. The van der Waals surface area contributed by atoms with E-state index in [2.05, 4.69) is 15.5 Å². The molecule has 4 rings (SSSR count). The highest BCUT2D eigenvalue weighted by molar-refractivity contribution is 5.93. The van der Waals surface area contributed by atoms with E-state index >= 15 is 0 Å². The minimum absolute atomic E-state index is 0.0858. The van der Waals surface area contributed by atoms with Crippen LogP contribution in [0.15, 0.2) is 30.3 Å². The number of ether oxygens (including phenoxy) is 3. The maximum absolute atomic E-state index is 12.6. The fourth-order valence-corrected chi connectivity index (χ4v) is 4.01. The second-order valence-electron chi connectivity index (χ2n) is 6.80. The quantitative estimate of drug-likeness (QED) is 0.824. The van der Waals surface area contributed by atoms with Crippen molar-refractivity contribution in [1.82, 2.24) is 15.5 Å². The summed E-state index contributed by atoms with van der Waals surface area (Å²) in [6.45, 7) is 1.35. The largest absolute Gasteiger partial charge is 0.497 e. The lowest BCUT2D eigenvalue weighted by molar-refractivity contribution is -0.0810.